The smallest absolute Gasteiger partial charge is 0.153 e. The van der Waals surface area contributed by atoms with Crippen LogP contribution in [-0.4, -0.2) is 14.5 Å². The first-order chi connectivity index (χ1) is 12.3. The first-order valence-corrected chi connectivity index (χ1v) is 8.87. The molecule has 0 atom stereocenters. The van der Waals surface area contributed by atoms with Crippen molar-refractivity contribution in [3.05, 3.63) is 94.5 Å². The molecule has 0 fully saturated rings. The van der Waals surface area contributed by atoms with Crippen LogP contribution >= 0.6 is 15.9 Å². The molecule has 0 saturated carbocycles. The van der Waals surface area contributed by atoms with Crippen LogP contribution in [0.5, 0.6) is 0 Å². The summed E-state index contributed by atoms with van der Waals surface area (Å²) in [5.74, 6) is 0.736. The summed E-state index contributed by atoms with van der Waals surface area (Å²) in [5, 5.41) is 0. The van der Waals surface area contributed by atoms with Crippen LogP contribution in [0.1, 0.15) is 17.0 Å². The summed E-state index contributed by atoms with van der Waals surface area (Å²) in [4.78, 5) is 9.19. The minimum atomic E-state index is 0.736. The molecule has 0 bridgehead atoms. The molecule has 0 unspecified atom stereocenters. The molecule has 0 spiro atoms. The van der Waals surface area contributed by atoms with Crippen LogP contribution in [0.4, 0.5) is 0 Å². The van der Waals surface area contributed by atoms with Gasteiger partial charge in [0.05, 0.1) is 5.69 Å². The first-order valence-electron chi connectivity index (χ1n) is 8.07. The number of hydrogen-bond donors (Lipinski definition) is 0. The standard InChI is InChI=1S/C21H16BrN3/c22-18-9-6-17(7-10-18)14-25-13-12-19-20(15-25)24-21(23-19)11-8-16-4-2-1-3-5-16/h1-13,15H,14H2. The Labute approximate surface area is 155 Å². The van der Waals surface area contributed by atoms with Gasteiger partial charge in [-0.05, 0) is 35.4 Å². The van der Waals surface area contributed by atoms with Gasteiger partial charge in [-0.2, -0.15) is 0 Å². The van der Waals surface area contributed by atoms with E-state index in [1.807, 2.05) is 48.8 Å². The number of halogens is 1. The van der Waals surface area contributed by atoms with E-state index in [4.69, 9.17) is 0 Å². The van der Waals surface area contributed by atoms with E-state index in [0.29, 0.717) is 0 Å². The fourth-order valence-corrected chi connectivity index (χ4v) is 2.94. The maximum Gasteiger partial charge on any atom is 0.153 e. The molecule has 0 saturated heterocycles. The molecule has 4 heteroatoms. The molecule has 2 heterocycles. The van der Waals surface area contributed by atoms with E-state index in [0.717, 1.165) is 33.8 Å². The number of benzene rings is 2. The zero-order chi connectivity index (χ0) is 17.1. The molecular weight excluding hydrogens is 374 g/mol. The number of imidazole rings is 1. The van der Waals surface area contributed by atoms with Crippen LogP contribution in [0.3, 0.4) is 0 Å². The molecule has 4 rings (SSSR count). The fraction of sp³-hybridized carbons (Fsp3) is 0.0476. The zero-order valence-electron chi connectivity index (χ0n) is 13.5. The van der Waals surface area contributed by atoms with E-state index in [2.05, 4.69) is 66.9 Å². The lowest BCUT2D eigenvalue weighted by atomic mass is 10.2. The molecule has 25 heavy (non-hydrogen) atoms. The molecule has 0 amide bonds. The van der Waals surface area contributed by atoms with E-state index in [-0.39, 0.29) is 0 Å². The Kier molecular flexibility index (Phi) is 4.44. The summed E-state index contributed by atoms with van der Waals surface area (Å²) >= 11 is 3.47. The highest BCUT2D eigenvalue weighted by Crippen LogP contribution is 2.20. The van der Waals surface area contributed by atoms with Gasteiger partial charge in [0.2, 0.25) is 0 Å². The van der Waals surface area contributed by atoms with Gasteiger partial charge in [0.1, 0.15) is 5.69 Å². The molecule has 2 aliphatic rings. The van der Waals surface area contributed by atoms with Gasteiger partial charge >= 0.3 is 0 Å². The minimum absolute atomic E-state index is 0.736. The maximum absolute atomic E-state index is 4.62. The van der Waals surface area contributed by atoms with Crippen LogP contribution in [0.25, 0.3) is 23.5 Å². The van der Waals surface area contributed by atoms with E-state index in [9.17, 15) is 0 Å². The highest BCUT2D eigenvalue weighted by molar-refractivity contribution is 9.10. The van der Waals surface area contributed by atoms with Crippen molar-refractivity contribution in [2.45, 2.75) is 6.54 Å². The number of nitrogens with zero attached hydrogens (tertiary/aromatic N) is 3. The summed E-state index contributed by atoms with van der Waals surface area (Å²) in [6.45, 7) is 0.811. The van der Waals surface area contributed by atoms with Crippen LogP contribution in [0.15, 0.2) is 77.5 Å². The number of pyridine rings is 1. The Hall–Kier alpha value is -2.72. The second-order valence-corrected chi connectivity index (χ2v) is 6.76. The number of aromatic nitrogens is 3. The summed E-state index contributed by atoms with van der Waals surface area (Å²) in [6.07, 6.45) is 8.08. The van der Waals surface area contributed by atoms with Crippen molar-refractivity contribution in [1.82, 2.24) is 14.5 Å². The van der Waals surface area contributed by atoms with E-state index in [1.54, 1.807) is 0 Å². The fourth-order valence-electron chi connectivity index (χ4n) is 2.68. The Morgan fingerprint density at radius 2 is 1.60 bits per heavy atom. The zero-order valence-corrected chi connectivity index (χ0v) is 15.1. The van der Waals surface area contributed by atoms with Gasteiger partial charge in [0, 0.05) is 23.4 Å². The first kappa shape index (κ1) is 15.8. The van der Waals surface area contributed by atoms with Crippen molar-refractivity contribution in [1.29, 1.82) is 0 Å². The van der Waals surface area contributed by atoms with E-state index in [1.165, 1.54) is 5.56 Å². The van der Waals surface area contributed by atoms with Crippen molar-refractivity contribution in [3.8, 4) is 11.4 Å². The predicted molar refractivity (Wildman–Crippen MR) is 105 cm³/mol. The monoisotopic (exact) mass is 389 g/mol. The Balaban J connectivity index is 1.56. The average Bonchev–Trinajstić information content (AvgIpc) is 3.05. The molecule has 3 nitrogen and oxygen atoms in total. The topological polar surface area (TPSA) is 30.7 Å². The molecule has 2 aromatic rings. The van der Waals surface area contributed by atoms with Gasteiger partial charge in [0.25, 0.3) is 0 Å². The van der Waals surface area contributed by atoms with Gasteiger partial charge < -0.3 is 4.57 Å². The highest BCUT2D eigenvalue weighted by Gasteiger charge is 2.09. The van der Waals surface area contributed by atoms with Crippen LogP contribution < -0.4 is 0 Å². The number of rotatable bonds is 4. The third kappa shape index (κ3) is 3.86. The SMILES string of the molecule is Brc1ccc(Cn2ccc3nc(C=Cc4ccccc4)nc-3c2)cc1. The van der Waals surface area contributed by atoms with Crippen LogP contribution in [0, 0.1) is 0 Å². The van der Waals surface area contributed by atoms with E-state index >= 15 is 0 Å². The molecule has 2 aromatic carbocycles. The van der Waals surface area contributed by atoms with Crippen molar-refractivity contribution >= 4 is 28.1 Å². The van der Waals surface area contributed by atoms with Crippen molar-refractivity contribution in [2.24, 2.45) is 0 Å². The lowest BCUT2D eigenvalue weighted by molar-refractivity contribution is 0.789. The normalized spacial score (nSPS) is 11.4. The lowest BCUT2D eigenvalue weighted by Crippen LogP contribution is -2.00. The van der Waals surface area contributed by atoms with Crippen molar-refractivity contribution in [2.75, 3.05) is 0 Å². The molecule has 122 valence electrons. The van der Waals surface area contributed by atoms with Gasteiger partial charge in [0.15, 0.2) is 5.82 Å². The molecule has 0 N–H and O–H groups in total. The van der Waals surface area contributed by atoms with Gasteiger partial charge in [-0.25, -0.2) is 9.97 Å². The second kappa shape index (κ2) is 7.03. The summed E-state index contributed by atoms with van der Waals surface area (Å²) < 4.78 is 3.22. The molecular formula is C21H16BrN3. The second-order valence-electron chi connectivity index (χ2n) is 5.84. The molecule has 0 radical (unpaired) electrons. The van der Waals surface area contributed by atoms with Crippen molar-refractivity contribution in [3.63, 3.8) is 0 Å². The summed E-state index contributed by atoms with van der Waals surface area (Å²) in [5.41, 5.74) is 4.21. The molecule has 0 aliphatic carbocycles. The van der Waals surface area contributed by atoms with E-state index < -0.39 is 0 Å². The Bertz CT molecular complexity index is 972. The predicted octanol–water partition coefficient (Wildman–Crippen LogP) is 5.36. The lowest BCUT2D eigenvalue weighted by Gasteiger charge is -2.08. The largest absolute Gasteiger partial charge is 0.348 e. The third-order valence-electron chi connectivity index (χ3n) is 3.95. The molecule has 0 aromatic heterocycles. The van der Waals surface area contributed by atoms with Gasteiger partial charge in [-0.3, -0.25) is 0 Å². The quantitative estimate of drug-likeness (QED) is 0.470. The van der Waals surface area contributed by atoms with Gasteiger partial charge in [-0.15, -0.1) is 0 Å². The third-order valence-corrected chi connectivity index (χ3v) is 4.48. The minimum Gasteiger partial charge on any atom is -0.348 e. The maximum atomic E-state index is 4.62. The number of hydrogen-bond acceptors (Lipinski definition) is 2. The molecule has 2 aliphatic heterocycles. The Morgan fingerprint density at radius 3 is 2.40 bits per heavy atom. The Morgan fingerprint density at radius 1 is 0.840 bits per heavy atom. The highest BCUT2D eigenvalue weighted by atomic mass is 79.9. The average molecular weight is 390 g/mol. The van der Waals surface area contributed by atoms with Gasteiger partial charge in [-0.1, -0.05) is 64.5 Å². The summed E-state index contributed by atoms with van der Waals surface area (Å²) in [6, 6.07) is 20.5. The van der Waals surface area contributed by atoms with Crippen LogP contribution in [-0.2, 0) is 6.54 Å². The summed E-state index contributed by atoms with van der Waals surface area (Å²) in [7, 11) is 0. The van der Waals surface area contributed by atoms with Crippen LogP contribution in [0.2, 0.25) is 0 Å². The number of fused-ring (bicyclic) bond motifs is 1. The van der Waals surface area contributed by atoms with Crippen molar-refractivity contribution < 1.29 is 0 Å².